The molecular formula is C13H13NO4S. The Morgan fingerprint density at radius 2 is 1.84 bits per heavy atom. The molecule has 0 fully saturated rings. The Hall–Kier alpha value is -2.08. The molecule has 2 aromatic rings. The summed E-state index contributed by atoms with van der Waals surface area (Å²) in [4.78, 5) is 11.5. The zero-order valence-corrected chi connectivity index (χ0v) is 11.1. The predicted molar refractivity (Wildman–Crippen MR) is 69.4 cm³/mol. The van der Waals surface area contributed by atoms with E-state index < -0.39 is 9.84 Å². The number of carbonyl (C=O) groups is 1. The van der Waals surface area contributed by atoms with Gasteiger partial charge in [-0.25, -0.2) is 8.42 Å². The Morgan fingerprint density at radius 3 is 2.47 bits per heavy atom. The molecule has 1 heterocycles. The van der Waals surface area contributed by atoms with E-state index in [-0.39, 0.29) is 28.1 Å². The first kappa shape index (κ1) is 13.4. The fourth-order valence-corrected chi connectivity index (χ4v) is 2.87. The van der Waals surface area contributed by atoms with Crippen molar-refractivity contribution in [3.63, 3.8) is 0 Å². The summed E-state index contributed by atoms with van der Waals surface area (Å²) in [6, 6.07) is 11.1. The Bertz CT molecular complexity index is 674. The Morgan fingerprint density at radius 1 is 1.16 bits per heavy atom. The van der Waals surface area contributed by atoms with E-state index in [0.717, 1.165) is 0 Å². The number of benzene rings is 1. The van der Waals surface area contributed by atoms with Gasteiger partial charge in [0, 0.05) is 7.05 Å². The summed E-state index contributed by atoms with van der Waals surface area (Å²) < 4.78 is 29.4. The molecule has 1 N–H and O–H groups in total. The van der Waals surface area contributed by atoms with Crippen molar-refractivity contribution in [2.75, 3.05) is 7.05 Å². The fraction of sp³-hybridized carbons (Fsp3) is 0.154. The van der Waals surface area contributed by atoms with Gasteiger partial charge in [0.15, 0.2) is 15.6 Å². The molecule has 19 heavy (non-hydrogen) atoms. The molecule has 0 unspecified atom stereocenters. The Labute approximate surface area is 111 Å². The lowest BCUT2D eigenvalue weighted by atomic mass is 10.4. The number of sulfone groups is 1. The summed E-state index contributed by atoms with van der Waals surface area (Å²) in [5.41, 5.74) is 0. The van der Waals surface area contributed by atoms with Crippen molar-refractivity contribution in [1.29, 1.82) is 0 Å². The number of hydrogen-bond donors (Lipinski definition) is 1. The molecule has 100 valence electrons. The summed E-state index contributed by atoms with van der Waals surface area (Å²) in [6.45, 7) is 0. The van der Waals surface area contributed by atoms with Gasteiger partial charge in [-0.3, -0.25) is 4.79 Å². The van der Waals surface area contributed by atoms with Gasteiger partial charge in [-0.2, -0.15) is 0 Å². The van der Waals surface area contributed by atoms with Crippen molar-refractivity contribution in [1.82, 2.24) is 5.32 Å². The number of rotatable bonds is 4. The second kappa shape index (κ2) is 5.27. The van der Waals surface area contributed by atoms with Crippen molar-refractivity contribution in [3.8, 4) is 0 Å². The SMILES string of the molecule is CNC(=O)c1ccc(CS(=O)(=O)c2ccccc2)o1. The van der Waals surface area contributed by atoms with E-state index >= 15 is 0 Å². The number of carbonyl (C=O) groups excluding carboxylic acids is 1. The molecule has 6 heteroatoms. The minimum Gasteiger partial charge on any atom is -0.455 e. The lowest BCUT2D eigenvalue weighted by Gasteiger charge is -2.01. The van der Waals surface area contributed by atoms with Crippen LogP contribution < -0.4 is 5.32 Å². The molecule has 0 aliphatic carbocycles. The van der Waals surface area contributed by atoms with Crippen LogP contribution in [-0.2, 0) is 15.6 Å². The van der Waals surface area contributed by atoms with Gasteiger partial charge in [-0.05, 0) is 24.3 Å². The van der Waals surface area contributed by atoms with Crippen molar-refractivity contribution in [2.24, 2.45) is 0 Å². The highest BCUT2D eigenvalue weighted by atomic mass is 32.2. The van der Waals surface area contributed by atoms with Gasteiger partial charge >= 0.3 is 0 Å². The maximum absolute atomic E-state index is 12.1. The first-order valence-corrected chi connectivity index (χ1v) is 7.27. The smallest absolute Gasteiger partial charge is 0.286 e. The number of furan rings is 1. The lowest BCUT2D eigenvalue weighted by molar-refractivity contribution is 0.0934. The summed E-state index contributed by atoms with van der Waals surface area (Å²) >= 11 is 0. The fourth-order valence-electron chi connectivity index (χ4n) is 1.60. The zero-order valence-electron chi connectivity index (χ0n) is 10.3. The van der Waals surface area contributed by atoms with Crippen LogP contribution in [0.15, 0.2) is 51.8 Å². The molecule has 0 aliphatic heterocycles. The standard InChI is InChI=1S/C13H13NO4S/c1-14-13(15)12-8-7-10(18-12)9-19(16,17)11-5-3-2-4-6-11/h2-8H,9H2,1H3,(H,14,15). The molecular weight excluding hydrogens is 266 g/mol. The van der Waals surface area contributed by atoms with Crippen LogP contribution in [0.5, 0.6) is 0 Å². The van der Waals surface area contributed by atoms with Crippen LogP contribution in [0.1, 0.15) is 16.3 Å². The van der Waals surface area contributed by atoms with Crippen molar-refractivity contribution in [2.45, 2.75) is 10.6 Å². The van der Waals surface area contributed by atoms with E-state index in [9.17, 15) is 13.2 Å². The van der Waals surface area contributed by atoms with Gasteiger partial charge < -0.3 is 9.73 Å². The lowest BCUT2D eigenvalue weighted by Crippen LogP contribution is -2.16. The molecule has 0 radical (unpaired) electrons. The number of nitrogens with one attached hydrogen (secondary N) is 1. The molecule has 1 amide bonds. The molecule has 0 saturated carbocycles. The number of amides is 1. The summed E-state index contributed by atoms with van der Waals surface area (Å²) in [5.74, 6) is -0.319. The molecule has 5 nitrogen and oxygen atoms in total. The third-order valence-corrected chi connectivity index (χ3v) is 4.20. The number of hydrogen-bond acceptors (Lipinski definition) is 4. The van der Waals surface area contributed by atoms with Gasteiger partial charge in [0.2, 0.25) is 0 Å². The van der Waals surface area contributed by atoms with E-state index in [2.05, 4.69) is 5.32 Å². The average molecular weight is 279 g/mol. The quantitative estimate of drug-likeness (QED) is 0.922. The van der Waals surface area contributed by atoms with Gasteiger partial charge in [0.25, 0.3) is 5.91 Å². The van der Waals surface area contributed by atoms with E-state index in [0.29, 0.717) is 0 Å². The van der Waals surface area contributed by atoms with Crippen LogP contribution in [0.4, 0.5) is 0 Å². The van der Waals surface area contributed by atoms with Crippen molar-refractivity contribution >= 4 is 15.7 Å². The highest BCUT2D eigenvalue weighted by Gasteiger charge is 2.18. The van der Waals surface area contributed by atoms with Crippen LogP contribution in [0.25, 0.3) is 0 Å². The van der Waals surface area contributed by atoms with E-state index in [1.165, 1.54) is 31.3 Å². The van der Waals surface area contributed by atoms with Gasteiger partial charge in [0.1, 0.15) is 11.5 Å². The maximum Gasteiger partial charge on any atom is 0.286 e. The molecule has 1 aromatic heterocycles. The van der Waals surface area contributed by atoms with Gasteiger partial charge in [-0.15, -0.1) is 0 Å². The van der Waals surface area contributed by atoms with Crippen molar-refractivity contribution in [3.05, 3.63) is 54.0 Å². The second-order valence-corrected chi connectivity index (χ2v) is 5.91. The molecule has 0 saturated heterocycles. The molecule has 0 bridgehead atoms. The third kappa shape index (κ3) is 3.03. The second-order valence-electron chi connectivity index (χ2n) is 3.92. The Balaban J connectivity index is 2.22. The topological polar surface area (TPSA) is 76.4 Å². The summed E-state index contributed by atoms with van der Waals surface area (Å²) in [6.07, 6.45) is 0. The third-order valence-electron chi connectivity index (χ3n) is 2.55. The summed E-state index contributed by atoms with van der Waals surface area (Å²) in [5, 5.41) is 2.41. The molecule has 0 aliphatic rings. The highest BCUT2D eigenvalue weighted by Crippen LogP contribution is 2.17. The summed E-state index contributed by atoms with van der Waals surface area (Å²) in [7, 11) is -1.98. The van der Waals surface area contributed by atoms with Crippen LogP contribution >= 0.6 is 0 Å². The van der Waals surface area contributed by atoms with E-state index in [4.69, 9.17) is 4.42 Å². The monoisotopic (exact) mass is 279 g/mol. The van der Waals surface area contributed by atoms with Gasteiger partial charge in [0.05, 0.1) is 4.90 Å². The van der Waals surface area contributed by atoms with Crippen LogP contribution in [-0.4, -0.2) is 21.4 Å². The van der Waals surface area contributed by atoms with Crippen LogP contribution in [0.2, 0.25) is 0 Å². The molecule has 2 rings (SSSR count). The van der Waals surface area contributed by atoms with E-state index in [1.807, 2.05) is 0 Å². The van der Waals surface area contributed by atoms with Gasteiger partial charge in [-0.1, -0.05) is 18.2 Å². The first-order valence-electron chi connectivity index (χ1n) is 5.61. The maximum atomic E-state index is 12.1. The Kier molecular flexibility index (Phi) is 3.71. The van der Waals surface area contributed by atoms with Crippen LogP contribution in [0.3, 0.4) is 0 Å². The zero-order chi connectivity index (χ0) is 13.9. The molecule has 0 spiro atoms. The van der Waals surface area contributed by atoms with Crippen molar-refractivity contribution < 1.29 is 17.6 Å². The minimum absolute atomic E-state index is 0.0979. The largest absolute Gasteiger partial charge is 0.455 e. The van der Waals surface area contributed by atoms with E-state index in [1.54, 1.807) is 18.2 Å². The highest BCUT2D eigenvalue weighted by molar-refractivity contribution is 7.90. The molecule has 1 aromatic carbocycles. The molecule has 0 atom stereocenters. The minimum atomic E-state index is -3.46. The predicted octanol–water partition coefficient (Wildman–Crippen LogP) is 1.61. The van der Waals surface area contributed by atoms with Crippen LogP contribution in [0, 0.1) is 0 Å². The first-order chi connectivity index (χ1) is 9.03. The normalized spacial score (nSPS) is 11.2. The average Bonchev–Trinajstić information content (AvgIpc) is 2.86.